The topological polar surface area (TPSA) is 88.9 Å². The number of hydrogen-bond donors (Lipinski definition) is 0. The van der Waals surface area contributed by atoms with Crippen molar-refractivity contribution in [3.8, 4) is 0 Å². The monoisotopic (exact) mass is 537 g/mol. The maximum absolute atomic E-state index is 14.4. The third-order valence-electron chi connectivity index (χ3n) is 11.2. The summed E-state index contributed by atoms with van der Waals surface area (Å²) >= 11 is 0. The minimum absolute atomic E-state index is 0.0264. The van der Waals surface area contributed by atoms with Crippen molar-refractivity contribution in [1.29, 1.82) is 0 Å². The summed E-state index contributed by atoms with van der Waals surface area (Å²) in [4.78, 5) is 29.8. The molecule has 38 heavy (non-hydrogen) atoms. The zero-order valence-corrected chi connectivity index (χ0v) is 23.4. The first-order chi connectivity index (χ1) is 17.9. The van der Waals surface area contributed by atoms with Gasteiger partial charge in [-0.3, -0.25) is 9.59 Å². The number of esters is 1. The van der Waals surface area contributed by atoms with Crippen molar-refractivity contribution >= 4 is 32.8 Å². The van der Waals surface area contributed by atoms with Gasteiger partial charge in [-0.25, -0.2) is 12.7 Å². The van der Waals surface area contributed by atoms with Gasteiger partial charge in [0.25, 0.3) is 5.91 Å². The van der Waals surface area contributed by atoms with Crippen molar-refractivity contribution in [2.75, 3.05) is 19.9 Å². The molecule has 2 aromatic rings. The van der Waals surface area contributed by atoms with Crippen LogP contribution in [0.3, 0.4) is 0 Å². The lowest BCUT2D eigenvalue weighted by Gasteiger charge is -2.45. The molecule has 1 saturated heterocycles. The Labute approximate surface area is 223 Å². The van der Waals surface area contributed by atoms with Gasteiger partial charge in [-0.2, -0.15) is 0 Å². The Morgan fingerprint density at radius 2 is 1.84 bits per heavy atom. The lowest BCUT2D eigenvalue weighted by atomic mass is 9.68. The fourth-order valence-electron chi connectivity index (χ4n) is 9.24. The Morgan fingerprint density at radius 1 is 1.11 bits per heavy atom. The molecular formula is C29H35N3O5S. The average molecular weight is 538 g/mol. The largest absolute Gasteiger partial charge is 0.468 e. The van der Waals surface area contributed by atoms with Gasteiger partial charge in [-0.1, -0.05) is 32.0 Å². The zero-order chi connectivity index (χ0) is 26.9. The van der Waals surface area contributed by atoms with Crippen molar-refractivity contribution in [3.05, 3.63) is 47.3 Å². The molecule has 1 amide bonds. The number of rotatable bonds is 2. The number of carbonyl (C=O) groups excluding carboxylic acids is 2. The lowest BCUT2D eigenvalue weighted by Crippen LogP contribution is -2.48. The number of aryl methyl sites for hydroxylation is 1. The van der Waals surface area contributed by atoms with Gasteiger partial charge in [-0.05, 0) is 43.1 Å². The first-order valence-corrected chi connectivity index (χ1v) is 15.2. The highest BCUT2D eigenvalue weighted by atomic mass is 32.2. The van der Waals surface area contributed by atoms with Gasteiger partial charge in [0, 0.05) is 59.4 Å². The van der Waals surface area contributed by atoms with Crippen LogP contribution in [0.25, 0.3) is 10.9 Å². The Bertz CT molecular complexity index is 1560. The molecule has 0 unspecified atom stereocenters. The van der Waals surface area contributed by atoms with Crippen LogP contribution in [-0.4, -0.2) is 60.0 Å². The number of methoxy groups -OCH3 is 1. The fourth-order valence-corrected chi connectivity index (χ4v) is 11.8. The van der Waals surface area contributed by atoms with Gasteiger partial charge in [0.2, 0.25) is 10.0 Å². The first-order valence-electron chi connectivity index (χ1n) is 13.6. The van der Waals surface area contributed by atoms with E-state index in [9.17, 15) is 18.0 Å². The molecule has 6 atom stereocenters. The van der Waals surface area contributed by atoms with E-state index >= 15 is 0 Å². The van der Waals surface area contributed by atoms with Crippen molar-refractivity contribution in [2.45, 2.75) is 57.5 Å². The number of sulfonamides is 1. The molecule has 8 nitrogen and oxygen atoms in total. The number of ether oxygens (including phenoxy) is 1. The number of nitrogens with zero attached hydrogens (tertiary/aromatic N) is 3. The van der Waals surface area contributed by atoms with Crippen molar-refractivity contribution in [3.63, 3.8) is 0 Å². The van der Waals surface area contributed by atoms with E-state index in [0.717, 1.165) is 41.4 Å². The standard InChI is InChI=1S/C29H35N3O5S/c1-28(2)16-10-11-29(28)15-38(35,36)32(22(29)12-16)26(33)19-14-30(3)21-13-18(19)24(27(34)37-5)25-23(21)17-8-6-7-9-20(17)31(25)4/h6-9,14,16,18,21-22,24H,10-13,15H2,1-5H3/t16-,18-,21-,22-,24-,29-/m1/s1. The Morgan fingerprint density at radius 3 is 2.55 bits per heavy atom. The van der Waals surface area contributed by atoms with Crippen LogP contribution in [0.1, 0.15) is 62.7 Å². The van der Waals surface area contributed by atoms with Crippen LogP contribution < -0.4 is 0 Å². The molecule has 202 valence electrons. The number of aromatic nitrogens is 1. The second-order valence-corrected chi connectivity index (χ2v) is 14.6. The fraction of sp³-hybridized carbons (Fsp3) is 0.586. The van der Waals surface area contributed by atoms with Gasteiger partial charge in [0.15, 0.2) is 0 Å². The molecule has 7 rings (SSSR count). The molecule has 2 saturated carbocycles. The summed E-state index contributed by atoms with van der Waals surface area (Å²) in [7, 11) is 1.49. The van der Waals surface area contributed by atoms with E-state index in [0.29, 0.717) is 17.9 Å². The van der Waals surface area contributed by atoms with Gasteiger partial charge in [0.05, 0.1) is 24.9 Å². The highest BCUT2D eigenvalue weighted by molar-refractivity contribution is 7.90. The van der Waals surface area contributed by atoms with Crippen LogP contribution >= 0.6 is 0 Å². The van der Waals surface area contributed by atoms with Gasteiger partial charge >= 0.3 is 5.97 Å². The predicted octanol–water partition coefficient (Wildman–Crippen LogP) is 3.69. The number of carbonyl (C=O) groups is 2. The predicted molar refractivity (Wildman–Crippen MR) is 142 cm³/mol. The molecule has 3 fully saturated rings. The highest BCUT2D eigenvalue weighted by Gasteiger charge is 2.72. The second-order valence-electron chi connectivity index (χ2n) is 12.7. The van der Waals surface area contributed by atoms with E-state index < -0.39 is 39.2 Å². The molecule has 1 spiro atoms. The summed E-state index contributed by atoms with van der Waals surface area (Å²) in [6.45, 7) is 4.37. The average Bonchev–Trinajstić information content (AvgIpc) is 3.48. The van der Waals surface area contributed by atoms with E-state index in [4.69, 9.17) is 4.74 Å². The Kier molecular flexibility index (Phi) is 4.74. The number of benzene rings is 1. The SMILES string of the molecule is COC(=O)[C@H]1c2c(c3ccccc3n2C)[C@H]2C[C@@H]1C(C(=O)N1[C@@H]3C[C@H]4CC[C@]3(CS1(=O)=O)C4(C)C)=CN2C. The normalized spacial score (nSPS) is 35.7. The van der Waals surface area contributed by atoms with Crippen LogP contribution in [0.2, 0.25) is 0 Å². The van der Waals surface area contributed by atoms with E-state index in [1.807, 2.05) is 41.8 Å². The van der Waals surface area contributed by atoms with E-state index in [1.165, 1.54) is 11.4 Å². The van der Waals surface area contributed by atoms with Crippen molar-refractivity contribution in [2.24, 2.45) is 29.7 Å². The molecular weight excluding hydrogens is 502 g/mol. The molecule has 2 aliphatic heterocycles. The molecule has 3 aliphatic carbocycles. The summed E-state index contributed by atoms with van der Waals surface area (Å²) in [5.41, 5.74) is 2.84. The third-order valence-corrected chi connectivity index (χ3v) is 13.1. The Hall–Kier alpha value is -2.81. The molecule has 9 heteroatoms. The zero-order valence-electron chi connectivity index (χ0n) is 22.6. The van der Waals surface area contributed by atoms with Crippen LogP contribution in [0, 0.1) is 22.7 Å². The summed E-state index contributed by atoms with van der Waals surface area (Å²) < 4.78 is 36.0. The molecule has 1 aromatic heterocycles. The number of fused-ring (bicyclic) bond motifs is 7. The Balaban J connectivity index is 1.36. The van der Waals surface area contributed by atoms with Crippen LogP contribution in [-0.2, 0) is 31.4 Å². The minimum Gasteiger partial charge on any atom is -0.468 e. The summed E-state index contributed by atoms with van der Waals surface area (Å²) in [5, 5.41) is 1.09. The third kappa shape index (κ3) is 2.68. The van der Waals surface area contributed by atoms with Gasteiger partial charge in [-0.15, -0.1) is 0 Å². The van der Waals surface area contributed by atoms with Crippen molar-refractivity contribution in [1.82, 2.24) is 13.8 Å². The quantitative estimate of drug-likeness (QED) is 0.543. The molecule has 0 N–H and O–H groups in total. The molecule has 3 heterocycles. The van der Waals surface area contributed by atoms with Gasteiger partial charge in [0.1, 0.15) is 5.92 Å². The van der Waals surface area contributed by atoms with E-state index in [2.05, 4.69) is 19.9 Å². The molecule has 4 bridgehead atoms. The molecule has 5 aliphatic rings. The molecule has 0 radical (unpaired) electrons. The van der Waals surface area contributed by atoms with Crippen LogP contribution in [0.15, 0.2) is 36.0 Å². The molecule has 1 aromatic carbocycles. The summed E-state index contributed by atoms with van der Waals surface area (Å²) in [5.74, 6) is -1.56. The smallest absolute Gasteiger partial charge is 0.315 e. The first kappa shape index (κ1) is 24.2. The van der Waals surface area contributed by atoms with E-state index in [1.54, 1.807) is 6.20 Å². The van der Waals surface area contributed by atoms with Gasteiger partial charge < -0.3 is 14.2 Å². The summed E-state index contributed by atoms with van der Waals surface area (Å²) in [6.07, 6.45) is 4.94. The minimum atomic E-state index is -3.78. The van der Waals surface area contributed by atoms with Crippen LogP contribution in [0.5, 0.6) is 0 Å². The van der Waals surface area contributed by atoms with E-state index in [-0.39, 0.29) is 23.3 Å². The number of para-hydroxylation sites is 1. The van der Waals surface area contributed by atoms with Crippen molar-refractivity contribution < 1.29 is 22.7 Å². The second kappa shape index (κ2) is 7.43. The summed E-state index contributed by atoms with van der Waals surface area (Å²) in [6, 6.07) is 7.76. The number of hydrogen-bond acceptors (Lipinski definition) is 6. The highest BCUT2D eigenvalue weighted by Crippen LogP contribution is 2.70. The van der Waals surface area contributed by atoms with Crippen LogP contribution in [0.4, 0.5) is 0 Å². The number of amides is 1. The lowest BCUT2D eigenvalue weighted by molar-refractivity contribution is -0.144. The maximum Gasteiger partial charge on any atom is 0.315 e. The maximum atomic E-state index is 14.4.